The van der Waals surface area contributed by atoms with Crippen molar-refractivity contribution in [2.75, 3.05) is 17.2 Å². The molecular weight excluding hydrogens is 456 g/mol. The molecule has 36 heavy (non-hydrogen) atoms. The Morgan fingerprint density at radius 1 is 0.861 bits per heavy atom. The lowest BCUT2D eigenvalue weighted by Crippen LogP contribution is -2.17. The molecule has 0 unspecified atom stereocenters. The van der Waals surface area contributed by atoms with Gasteiger partial charge in [0.25, 0.3) is 5.95 Å². The third kappa shape index (κ3) is 4.47. The molecular formula is C26H22N8O2. The fraction of sp³-hybridized carbons (Fsp3) is 0.0769. The minimum absolute atomic E-state index is 0.0148. The lowest BCUT2D eigenvalue weighted by atomic mass is 10.1. The van der Waals surface area contributed by atoms with Gasteiger partial charge in [0.05, 0.1) is 6.61 Å². The average molecular weight is 479 g/mol. The van der Waals surface area contributed by atoms with Crippen molar-refractivity contribution in [1.82, 2.24) is 29.9 Å². The van der Waals surface area contributed by atoms with E-state index in [1.165, 1.54) is 4.68 Å². The van der Waals surface area contributed by atoms with E-state index in [0.717, 1.165) is 11.4 Å². The van der Waals surface area contributed by atoms with E-state index in [9.17, 15) is 4.79 Å². The number of nitrogens with two attached hydrogens (primary N) is 1. The van der Waals surface area contributed by atoms with Crippen molar-refractivity contribution in [1.29, 1.82) is 0 Å². The number of nitrogens with zero attached hydrogens (tertiary/aromatic N) is 7. The Hall–Kier alpha value is -5.12. The average Bonchev–Trinajstić information content (AvgIpc) is 3.36. The van der Waals surface area contributed by atoms with E-state index in [4.69, 9.17) is 15.5 Å². The third-order valence-electron chi connectivity index (χ3n) is 5.23. The van der Waals surface area contributed by atoms with Crippen LogP contribution in [0.15, 0.2) is 91.0 Å². The molecule has 2 aromatic heterocycles. The van der Waals surface area contributed by atoms with Crippen LogP contribution in [0, 0.1) is 0 Å². The van der Waals surface area contributed by atoms with Crippen LogP contribution in [-0.4, -0.2) is 42.5 Å². The van der Waals surface area contributed by atoms with Crippen LogP contribution in [0.5, 0.6) is 0 Å². The normalized spacial score (nSPS) is 10.7. The Balaban J connectivity index is 1.69. The van der Waals surface area contributed by atoms with Crippen LogP contribution < -0.4 is 10.6 Å². The molecule has 0 bridgehead atoms. The minimum Gasteiger partial charge on any atom is -0.461 e. The molecule has 0 aliphatic rings. The van der Waals surface area contributed by atoms with Gasteiger partial charge in [-0.1, -0.05) is 71.9 Å². The number of carbonyl (C=O) groups excluding carboxylic acids is 1. The highest BCUT2D eigenvalue weighted by Crippen LogP contribution is 2.33. The van der Waals surface area contributed by atoms with Crippen LogP contribution in [0.3, 0.4) is 0 Å². The molecule has 0 saturated heterocycles. The zero-order chi connectivity index (χ0) is 24.9. The second kappa shape index (κ2) is 10.0. The molecule has 0 atom stereocenters. The van der Waals surface area contributed by atoms with Gasteiger partial charge in [-0.2, -0.15) is 19.6 Å². The second-order valence-electron chi connectivity index (χ2n) is 7.59. The van der Waals surface area contributed by atoms with Crippen molar-refractivity contribution in [2.45, 2.75) is 6.92 Å². The molecule has 0 aliphatic heterocycles. The Kier molecular flexibility index (Phi) is 6.31. The summed E-state index contributed by atoms with van der Waals surface area (Å²) in [5, 5.41) is 8.28. The topological polar surface area (TPSA) is 125 Å². The molecule has 2 N–H and O–H groups in total. The number of carbonyl (C=O) groups is 1. The first-order chi connectivity index (χ1) is 17.7. The first-order valence-electron chi connectivity index (χ1n) is 11.3. The zero-order valence-corrected chi connectivity index (χ0v) is 19.4. The van der Waals surface area contributed by atoms with E-state index in [1.807, 2.05) is 95.9 Å². The van der Waals surface area contributed by atoms with E-state index in [-0.39, 0.29) is 30.1 Å². The highest BCUT2D eigenvalue weighted by Gasteiger charge is 2.26. The lowest BCUT2D eigenvalue weighted by Gasteiger charge is -2.23. The standard InChI is InChI=1S/C26H22N8O2/c1-2-36-23(35)21-22(18-12-6-3-7-13-18)34(32-31-21)26-29-24(27)28-25(30-26)33(19-14-8-4-9-15-19)20-16-10-5-11-17-20/h3-17H,2H2,1H3,(H2,27,28,29,30). The van der Waals surface area contributed by atoms with Gasteiger partial charge in [0, 0.05) is 16.9 Å². The number of hydrogen-bond donors (Lipinski definition) is 1. The van der Waals surface area contributed by atoms with E-state index < -0.39 is 5.97 Å². The Bertz CT molecular complexity index is 1430. The van der Waals surface area contributed by atoms with Gasteiger partial charge in [0.1, 0.15) is 5.69 Å². The van der Waals surface area contributed by atoms with Crippen molar-refractivity contribution < 1.29 is 9.53 Å². The summed E-state index contributed by atoms with van der Waals surface area (Å²) in [6, 6.07) is 28.6. The Labute approximate surface area is 207 Å². The number of rotatable bonds is 7. The number of nitrogen functional groups attached to an aromatic ring is 1. The molecule has 2 heterocycles. The Morgan fingerprint density at radius 3 is 2.03 bits per heavy atom. The molecule has 10 heteroatoms. The summed E-state index contributed by atoms with van der Waals surface area (Å²) in [6.45, 7) is 1.93. The van der Waals surface area contributed by atoms with Crippen LogP contribution in [0.1, 0.15) is 17.4 Å². The first-order valence-corrected chi connectivity index (χ1v) is 11.3. The van der Waals surface area contributed by atoms with Gasteiger partial charge in [-0.15, -0.1) is 5.10 Å². The largest absolute Gasteiger partial charge is 0.461 e. The fourth-order valence-corrected chi connectivity index (χ4v) is 3.71. The summed E-state index contributed by atoms with van der Waals surface area (Å²) in [6.07, 6.45) is 0. The predicted molar refractivity (Wildman–Crippen MR) is 135 cm³/mol. The highest BCUT2D eigenvalue weighted by molar-refractivity contribution is 5.94. The molecule has 0 fully saturated rings. The van der Waals surface area contributed by atoms with Crippen molar-refractivity contribution in [2.24, 2.45) is 0 Å². The smallest absolute Gasteiger partial charge is 0.361 e. The van der Waals surface area contributed by atoms with Gasteiger partial charge in [-0.05, 0) is 31.2 Å². The van der Waals surface area contributed by atoms with Crippen LogP contribution in [0.2, 0.25) is 0 Å². The predicted octanol–water partition coefficient (Wildman–Crippen LogP) is 4.35. The summed E-state index contributed by atoms with van der Waals surface area (Å²) in [5.74, 6) is -0.225. The molecule has 0 saturated carbocycles. The third-order valence-corrected chi connectivity index (χ3v) is 5.23. The van der Waals surface area contributed by atoms with Crippen molar-refractivity contribution >= 4 is 29.2 Å². The first kappa shape index (κ1) is 22.7. The van der Waals surface area contributed by atoms with Crippen LogP contribution in [-0.2, 0) is 4.74 Å². The van der Waals surface area contributed by atoms with Gasteiger partial charge in [0.15, 0.2) is 5.69 Å². The van der Waals surface area contributed by atoms with E-state index >= 15 is 0 Å². The number of para-hydroxylation sites is 2. The maximum absolute atomic E-state index is 12.7. The number of ether oxygens (including phenoxy) is 1. The SMILES string of the molecule is CCOC(=O)c1nnn(-c2nc(N)nc(N(c3ccccc3)c3ccccc3)n2)c1-c1ccccc1. The second-order valence-corrected chi connectivity index (χ2v) is 7.59. The molecule has 5 aromatic rings. The van der Waals surface area contributed by atoms with Gasteiger partial charge in [-0.25, -0.2) is 4.79 Å². The zero-order valence-electron chi connectivity index (χ0n) is 19.4. The van der Waals surface area contributed by atoms with Crippen LogP contribution in [0.25, 0.3) is 17.2 Å². The van der Waals surface area contributed by atoms with E-state index in [0.29, 0.717) is 11.3 Å². The number of benzene rings is 3. The summed E-state index contributed by atoms with van der Waals surface area (Å²) >= 11 is 0. The number of aromatic nitrogens is 6. The molecule has 10 nitrogen and oxygen atoms in total. The maximum atomic E-state index is 12.7. The van der Waals surface area contributed by atoms with Gasteiger partial charge < -0.3 is 10.5 Å². The molecule has 0 aliphatic carbocycles. The van der Waals surface area contributed by atoms with Gasteiger partial charge in [-0.3, -0.25) is 4.90 Å². The number of esters is 1. The molecule has 3 aromatic carbocycles. The summed E-state index contributed by atoms with van der Waals surface area (Å²) < 4.78 is 6.57. The Morgan fingerprint density at radius 2 is 1.44 bits per heavy atom. The van der Waals surface area contributed by atoms with Crippen molar-refractivity contribution in [3.8, 4) is 17.2 Å². The van der Waals surface area contributed by atoms with Crippen LogP contribution in [0.4, 0.5) is 23.3 Å². The minimum atomic E-state index is -0.597. The lowest BCUT2D eigenvalue weighted by molar-refractivity contribution is 0.0520. The fourth-order valence-electron chi connectivity index (χ4n) is 3.71. The number of anilines is 4. The van der Waals surface area contributed by atoms with Gasteiger partial charge in [0.2, 0.25) is 11.9 Å². The highest BCUT2D eigenvalue weighted by atomic mass is 16.5. The van der Waals surface area contributed by atoms with Crippen molar-refractivity contribution in [3.05, 3.63) is 96.7 Å². The molecule has 0 spiro atoms. The summed E-state index contributed by atoms with van der Waals surface area (Å²) in [4.78, 5) is 27.9. The summed E-state index contributed by atoms with van der Waals surface area (Å²) in [5.41, 5.74) is 8.93. The van der Waals surface area contributed by atoms with E-state index in [1.54, 1.807) is 6.92 Å². The molecule has 0 radical (unpaired) electrons. The summed E-state index contributed by atoms with van der Waals surface area (Å²) in [7, 11) is 0. The van der Waals surface area contributed by atoms with Crippen molar-refractivity contribution in [3.63, 3.8) is 0 Å². The molecule has 5 rings (SSSR count). The van der Waals surface area contributed by atoms with Crippen LogP contribution >= 0.6 is 0 Å². The quantitative estimate of drug-likeness (QED) is 0.340. The monoisotopic (exact) mass is 478 g/mol. The molecule has 0 amide bonds. The molecule has 178 valence electrons. The van der Waals surface area contributed by atoms with E-state index in [2.05, 4.69) is 20.3 Å². The number of hydrogen-bond acceptors (Lipinski definition) is 9. The maximum Gasteiger partial charge on any atom is 0.361 e. The van der Waals surface area contributed by atoms with Gasteiger partial charge >= 0.3 is 5.97 Å².